The van der Waals surface area contributed by atoms with Crippen molar-refractivity contribution >= 4 is 11.2 Å². The smallest absolute Gasteiger partial charge is 0.181 e. The van der Waals surface area contributed by atoms with E-state index in [0.717, 1.165) is 16.8 Å². The van der Waals surface area contributed by atoms with E-state index in [1.54, 1.807) is 18.5 Å². The largest absolute Gasteiger partial charge is 0.341 e. The van der Waals surface area contributed by atoms with Gasteiger partial charge in [-0.05, 0) is 12.1 Å². The molecule has 0 fully saturated rings. The lowest BCUT2D eigenvalue weighted by Gasteiger charge is -2.01. The van der Waals surface area contributed by atoms with Crippen LogP contribution in [0.1, 0.15) is 5.56 Å². The van der Waals surface area contributed by atoms with Gasteiger partial charge in [0.05, 0.1) is 23.7 Å². The standard InChI is InChI=1S/C12H7N5/c13-5-8-2-1-3-9(4-8)10-11-12(16-6-14-10)17-7-15-11/h1-4,6-7H,(H,14,15,16,17). The van der Waals surface area contributed by atoms with Crippen LogP contribution >= 0.6 is 0 Å². The molecule has 0 saturated heterocycles. The maximum atomic E-state index is 8.88. The molecule has 0 radical (unpaired) electrons. The Labute approximate surface area is 96.8 Å². The van der Waals surface area contributed by atoms with Gasteiger partial charge in [0, 0.05) is 5.56 Å². The van der Waals surface area contributed by atoms with E-state index < -0.39 is 0 Å². The first-order valence-corrected chi connectivity index (χ1v) is 5.03. The van der Waals surface area contributed by atoms with E-state index in [2.05, 4.69) is 26.0 Å². The minimum atomic E-state index is 0.605. The summed E-state index contributed by atoms with van der Waals surface area (Å²) in [6, 6.07) is 9.40. The molecule has 0 unspecified atom stereocenters. The molecule has 0 aliphatic carbocycles. The zero-order valence-electron chi connectivity index (χ0n) is 8.75. The molecule has 3 aromatic rings. The van der Waals surface area contributed by atoms with E-state index in [0.29, 0.717) is 11.2 Å². The fourth-order valence-electron chi connectivity index (χ4n) is 1.72. The average Bonchev–Trinajstić information content (AvgIpc) is 2.87. The number of imidazole rings is 1. The third-order valence-corrected chi connectivity index (χ3v) is 2.49. The molecule has 2 aromatic heterocycles. The Balaban J connectivity index is 2.27. The molecular weight excluding hydrogens is 214 g/mol. The molecule has 5 heteroatoms. The van der Waals surface area contributed by atoms with Gasteiger partial charge in [-0.15, -0.1) is 0 Å². The minimum absolute atomic E-state index is 0.605. The van der Waals surface area contributed by atoms with Crippen LogP contribution in [0.4, 0.5) is 0 Å². The summed E-state index contributed by atoms with van der Waals surface area (Å²) in [5.74, 6) is 0. The first kappa shape index (κ1) is 9.48. The van der Waals surface area contributed by atoms with Gasteiger partial charge in [0.2, 0.25) is 0 Å². The molecule has 0 bridgehead atoms. The summed E-state index contributed by atoms with van der Waals surface area (Å²) in [4.78, 5) is 15.4. The van der Waals surface area contributed by atoms with E-state index in [1.807, 2.05) is 12.1 Å². The number of nitrogens with one attached hydrogen (secondary N) is 1. The van der Waals surface area contributed by atoms with Crippen molar-refractivity contribution in [3.05, 3.63) is 42.5 Å². The number of benzene rings is 1. The Hall–Kier alpha value is -2.74. The number of rotatable bonds is 1. The SMILES string of the molecule is N#Cc1cccc(-c2ncnc3nc[nH]c23)c1. The number of hydrogen-bond acceptors (Lipinski definition) is 4. The van der Waals surface area contributed by atoms with Crippen LogP contribution in [0.3, 0.4) is 0 Å². The molecule has 0 atom stereocenters. The van der Waals surface area contributed by atoms with Crippen LogP contribution in [0, 0.1) is 11.3 Å². The third kappa shape index (κ3) is 1.52. The molecule has 0 aliphatic rings. The second kappa shape index (κ2) is 3.68. The van der Waals surface area contributed by atoms with Crippen molar-refractivity contribution in [3.63, 3.8) is 0 Å². The van der Waals surface area contributed by atoms with Gasteiger partial charge in [-0.3, -0.25) is 0 Å². The number of nitriles is 1. The van der Waals surface area contributed by atoms with E-state index >= 15 is 0 Å². The van der Waals surface area contributed by atoms with E-state index in [1.165, 1.54) is 6.33 Å². The second-order valence-electron chi connectivity index (χ2n) is 3.52. The lowest BCUT2D eigenvalue weighted by atomic mass is 10.1. The van der Waals surface area contributed by atoms with Crippen molar-refractivity contribution in [2.75, 3.05) is 0 Å². The quantitative estimate of drug-likeness (QED) is 0.680. The fourth-order valence-corrected chi connectivity index (χ4v) is 1.72. The minimum Gasteiger partial charge on any atom is -0.341 e. The number of nitrogens with zero attached hydrogens (tertiary/aromatic N) is 4. The van der Waals surface area contributed by atoms with E-state index in [9.17, 15) is 0 Å². The lowest BCUT2D eigenvalue weighted by Crippen LogP contribution is -1.88. The molecule has 5 nitrogen and oxygen atoms in total. The molecule has 80 valence electrons. The molecule has 0 aliphatic heterocycles. The van der Waals surface area contributed by atoms with Crippen molar-refractivity contribution in [1.29, 1.82) is 5.26 Å². The van der Waals surface area contributed by atoms with Crippen molar-refractivity contribution in [2.45, 2.75) is 0 Å². The van der Waals surface area contributed by atoms with Crippen LogP contribution < -0.4 is 0 Å². The Morgan fingerprint density at radius 2 is 2.12 bits per heavy atom. The molecule has 2 heterocycles. The summed E-state index contributed by atoms with van der Waals surface area (Å²) in [7, 11) is 0. The summed E-state index contributed by atoms with van der Waals surface area (Å²) >= 11 is 0. The van der Waals surface area contributed by atoms with Crippen molar-refractivity contribution in [3.8, 4) is 17.3 Å². The zero-order chi connectivity index (χ0) is 11.7. The number of H-pyrrole nitrogens is 1. The summed E-state index contributed by atoms with van der Waals surface area (Å²) in [5.41, 5.74) is 3.64. The van der Waals surface area contributed by atoms with Crippen molar-refractivity contribution < 1.29 is 0 Å². The predicted molar refractivity (Wildman–Crippen MR) is 61.8 cm³/mol. The van der Waals surface area contributed by atoms with Gasteiger partial charge in [-0.1, -0.05) is 12.1 Å². The molecule has 1 N–H and O–H groups in total. The molecule has 1 aromatic carbocycles. The number of fused-ring (bicyclic) bond motifs is 1. The Morgan fingerprint density at radius 3 is 3.00 bits per heavy atom. The summed E-state index contributed by atoms with van der Waals surface area (Å²) in [6.07, 6.45) is 3.05. The highest BCUT2D eigenvalue weighted by Gasteiger charge is 2.08. The molecule has 3 rings (SSSR count). The first-order valence-electron chi connectivity index (χ1n) is 5.03. The van der Waals surface area contributed by atoms with Crippen LogP contribution in [-0.4, -0.2) is 19.9 Å². The van der Waals surface area contributed by atoms with Crippen LogP contribution in [0.15, 0.2) is 36.9 Å². The zero-order valence-corrected chi connectivity index (χ0v) is 8.75. The van der Waals surface area contributed by atoms with Gasteiger partial charge < -0.3 is 4.98 Å². The number of aromatic amines is 1. The highest BCUT2D eigenvalue weighted by atomic mass is 15.0. The normalized spacial score (nSPS) is 10.3. The molecule has 0 spiro atoms. The van der Waals surface area contributed by atoms with Crippen LogP contribution in [0.25, 0.3) is 22.4 Å². The van der Waals surface area contributed by atoms with Crippen LogP contribution in [0.2, 0.25) is 0 Å². The lowest BCUT2D eigenvalue weighted by molar-refractivity contribution is 1.20. The molecule has 0 amide bonds. The van der Waals surface area contributed by atoms with Crippen molar-refractivity contribution in [2.24, 2.45) is 0 Å². The van der Waals surface area contributed by atoms with E-state index in [4.69, 9.17) is 5.26 Å². The van der Waals surface area contributed by atoms with Gasteiger partial charge in [-0.25, -0.2) is 15.0 Å². The van der Waals surface area contributed by atoms with Gasteiger partial charge in [-0.2, -0.15) is 5.26 Å². The first-order chi connectivity index (χ1) is 8.38. The highest BCUT2D eigenvalue weighted by molar-refractivity contribution is 5.86. The summed E-state index contributed by atoms with van der Waals surface area (Å²) < 4.78 is 0. The highest BCUT2D eigenvalue weighted by Crippen LogP contribution is 2.23. The second-order valence-corrected chi connectivity index (χ2v) is 3.52. The number of hydrogen-bond donors (Lipinski definition) is 1. The topological polar surface area (TPSA) is 78.2 Å². The fraction of sp³-hybridized carbons (Fsp3) is 0. The molecular formula is C12H7N5. The van der Waals surface area contributed by atoms with Crippen LogP contribution in [0.5, 0.6) is 0 Å². The summed E-state index contributed by atoms with van der Waals surface area (Å²) in [6.45, 7) is 0. The van der Waals surface area contributed by atoms with Gasteiger partial charge in [0.1, 0.15) is 11.8 Å². The Kier molecular flexibility index (Phi) is 2.06. The maximum absolute atomic E-state index is 8.88. The monoisotopic (exact) mass is 221 g/mol. The Morgan fingerprint density at radius 1 is 1.18 bits per heavy atom. The third-order valence-electron chi connectivity index (χ3n) is 2.49. The van der Waals surface area contributed by atoms with Gasteiger partial charge in [0.15, 0.2) is 5.65 Å². The maximum Gasteiger partial charge on any atom is 0.181 e. The predicted octanol–water partition coefficient (Wildman–Crippen LogP) is 1.89. The van der Waals surface area contributed by atoms with Gasteiger partial charge in [0.25, 0.3) is 0 Å². The van der Waals surface area contributed by atoms with Crippen LogP contribution in [-0.2, 0) is 0 Å². The number of aromatic nitrogens is 4. The summed E-state index contributed by atoms with van der Waals surface area (Å²) in [5, 5.41) is 8.88. The molecule has 17 heavy (non-hydrogen) atoms. The van der Waals surface area contributed by atoms with E-state index in [-0.39, 0.29) is 0 Å². The average molecular weight is 221 g/mol. The molecule has 0 saturated carbocycles. The Bertz CT molecular complexity index is 723. The van der Waals surface area contributed by atoms with Gasteiger partial charge >= 0.3 is 0 Å². The van der Waals surface area contributed by atoms with Crippen molar-refractivity contribution in [1.82, 2.24) is 19.9 Å².